The van der Waals surface area contributed by atoms with Gasteiger partial charge in [0, 0.05) is 17.7 Å². The highest BCUT2D eigenvalue weighted by atomic mass is 35.5. The SMILES string of the molecule is CC(C)(C)c1cc(NC(=O)COc2ccccc2Cl)n(-c2ccccn2)n1. The van der Waals surface area contributed by atoms with Crippen molar-refractivity contribution in [1.82, 2.24) is 14.8 Å². The number of hydrogen-bond acceptors (Lipinski definition) is 4. The average molecular weight is 385 g/mol. The van der Waals surface area contributed by atoms with E-state index in [9.17, 15) is 4.79 Å². The molecule has 2 heterocycles. The summed E-state index contributed by atoms with van der Waals surface area (Å²) in [7, 11) is 0. The van der Waals surface area contributed by atoms with E-state index in [0.29, 0.717) is 22.4 Å². The second-order valence-electron chi connectivity index (χ2n) is 7.03. The first-order valence-electron chi connectivity index (χ1n) is 8.54. The van der Waals surface area contributed by atoms with Gasteiger partial charge in [-0.15, -0.1) is 0 Å². The molecule has 1 N–H and O–H groups in total. The van der Waals surface area contributed by atoms with Crippen molar-refractivity contribution in [3.8, 4) is 11.6 Å². The molecule has 0 atom stereocenters. The number of benzene rings is 1. The van der Waals surface area contributed by atoms with Crippen LogP contribution in [0.1, 0.15) is 26.5 Å². The minimum Gasteiger partial charge on any atom is -0.482 e. The van der Waals surface area contributed by atoms with Gasteiger partial charge in [-0.3, -0.25) is 4.79 Å². The number of aromatic nitrogens is 3. The molecule has 0 aliphatic carbocycles. The number of nitrogens with zero attached hydrogens (tertiary/aromatic N) is 3. The van der Waals surface area contributed by atoms with E-state index in [4.69, 9.17) is 16.3 Å². The quantitative estimate of drug-likeness (QED) is 0.714. The summed E-state index contributed by atoms with van der Waals surface area (Å²) in [4.78, 5) is 16.7. The van der Waals surface area contributed by atoms with Crippen molar-refractivity contribution < 1.29 is 9.53 Å². The summed E-state index contributed by atoms with van der Waals surface area (Å²) < 4.78 is 7.12. The van der Waals surface area contributed by atoms with Gasteiger partial charge in [0.05, 0.1) is 10.7 Å². The van der Waals surface area contributed by atoms with E-state index in [1.54, 1.807) is 35.1 Å². The average Bonchev–Trinajstić information content (AvgIpc) is 3.06. The van der Waals surface area contributed by atoms with E-state index in [2.05, 4.69) is 36.2 Å². The Hall–Kier alpha value is -2.86. The van der Waals surface area contributed by atoms with Crippen molar-refractivity contribution in [2.24, 2.45) is 0 Å². The van der Waals surface area contributed by atoms with Crippen LogP contribution >= 0.6 is 11.6 Å². The van der Waals surface area contributed by atoms with Crippen LogP contribution in [0.4, 0.5) is 5.82 Å². The molecule has 0 saturated carbocycles. The molecular weight excluding hydrogens is 364 g/mol. The molecular formula is C20H21ClN4O2. The number of anilines is 1. The highest BCUT2D eigenvalue weighted by Crippen LogP contribution is 2.26. The maximum atomic E-state index is 12.4. The van der Waals surface area contributed by atoms with E-state index in [1.165, 1.54) is 0 Å². The van der Waals surface area contributed by atoms with Gasteiger partial charge < -0.3 is 10.1 Å². The summed E-state index contributed by atoms with van der Waals surface area (Å²) in [6.07, 6.45) is 1.68. The number of carbonyl (C=O) groups is 1. The molecule has 6 nitrogen and oxygen atoms in total. The highest BCUT2D eigenvalue weighted by Gasteiger charge is 2.22. The monoisotopic (exact) mass is 384 g/mol. The largest absolute Gasteiger partial charge is 0.482 e. The normalized spacial score (nSPS) is 11.3. The predicted octanol–water partition coefficient (Wildman–Crippen LogP) is 4.24. The number of amides is 1. The summed E-state index contributed by atoms with van der Waals surface area (Å²) >= 11 is 6.05. The van der Waals surface area contributed by atoms with Crippen molar-refractivity contribution in [1.29, 1.82) is 0 Å². The fourth-order valence-electron chi connectivity index (χ4n) is 2.37. The van der Waals surface area contributed by atoms with Gasteiger partial charge in [0.15, 0.2) is 12.4 Å². The lowest BCUT2D eigenvalue weighted by Crippen LogP contribution is -2.22. The molecule has 0 aliphatic rings. The highest BCUT2D eigenvalue weighted by molar-refractivity contribution is 6.32. The molecule has 27 heavy (non-hydrogen) atoms. The fourth-order valence-corrected chi connectivity index (χ4v) is 2.56. The molecule has 0 fully saturated rings. The molecule has 2 aromatic heterocycles. The van der Waals surface area contributed by atoms with E-state index >= 15 is 0 Å². The maximum absolute atomic E-state index is 12.4. The Labute approximate surface area is 163 Å². The van der Waals surface area contributed by atoms with Crippen LogP contribution in [0.25, 0.3) is 5.82 Å². The van der Waals surface area contributed by atoms with Crippen LogP contribution in [-0.4, -0.2) is 27.3 Å². The number of carbonyl (C=O) groups excluding carboxylic acids is 1. The van der Waals surface area contributed by atoms with Crippen molar-refractivity contribution in [3.05, 3.63) is 65.4 Å². The van der Waals surface area contributed by atoms with Gasteiger partial charge in [-0.25, -0.2) is 4.98 Å². The number of para-hydroxylation sites is 1. The standard InChI is InChI=1S/C20H21ClN4O2/c1-20(2,3)16-12-18(25(24-16)17-10-6-7-11-22-17)23-19(26)13-27-15-9-5-4-8-14(15)21/h4-12H,13H2,1-3H3,(H,23,26). The summed E-state index contributed by atoms with van der Waals surface area (Å²) in [5.74, 6) is 1.30. The first-order chi connectivity index (χ1) is 12.8. The lowest BCUT2D eigenvalue weighted by Gasteiger charge is -2.13. The van der Waals surface area contributed by atoms with Crippen LogP contribution in [0.3, 0.4) is 0 Å². The van der Waals surface area contributed by atoms with Gasteiger partial charge in [0.1, 0.15) is 11.6 Å². The molecule has 7 heteroatoms. The summed E-state index contributed by atoms with van der Waals surface area (Å²) in [5.41, 5.74) is 0.670. The second kappa shape index (κ2) is 7.80. The van der Waals surface area contributed by atoms with Crippen LogP contribution in [0.15, 0.2) is 54.7 Å². The van der Waals surface area contributed by atoms with Gasteiger partial charge in [-0.1, -0.05) is 50.6 Å². The van der Waals surface area contributed by atoms with Gasteiger partial charge in [-0.05, 0) is 24.3 Å². The predicted molar refractivity (Wildman–Crippen MR) is 106 cm³/mol. The van der Waals surface area contributed by atoms with Gasteiger partial charge in [-0.2, -0.15) is 9.78 Å². The Bertz CT molecular complexity index is 933. The van der Waals surface area contributed by atoms with Crippen LogP contribution in [-0.2, 0) is 10.2 Å². The first-order valence-corrected chi connectivity index (χ1v) is 8.91. The molecule has 0 radical (unpaired) electrons. The second-order valence-corrected chi connectivity index (χ2v) is 7.44. The van der Waals surface area contributed by atoms with Crippen LogP contribution in [0, 0.1) is 0 Å². The molecule has 1 aromatic carbocycles. The lowest BCUT2D eigenvalue weighted by atomic mass is 9.92. The molecule has 3 aromatic rings. The van der Waals surface area contributed by atoms with E-state index in [1.807, 2.05) is 24.3 Å². The van der Waals surface area contributed by atoms with Crippen LogP contribution in [0.2, 0.25) is 5.02 Å². The van der Waals surface area contributed by atoms with Gasteiger partial charge in [0.25, 0.3) is 5.91 Å². The number of hydrogen-bond donors (Lipinski definition) is 1. The third-order valence-corrected chi connectivity index (χ3v) is 4.12. The first kappa shape index (κ1) is 18.9. The Kier molecular flexibility index (Phi) is 5.46. The Balaban J connectivity index is 1.80. The van der Waals surface area contributed by atoms with Crippen molar-refractivity contribution in [3.63, 3.8) is 0 Å². The van der Waals surface area contributed by atoms with Crippen molar-refractivity contribution in [2.75, 3.05) is 11.9 Å². The third-order valence-electron chi connectivity index (χ3n) is 3.81. The van der Waals surface area contributed by atoms with Crippen LogP contribution in [0.5, 0.6) is 5.75 Å². The molecule has 3 rings (SSSR count). The fraction of sp³-hybridized carbons (Fsp3) is 0.250. The number of halogens is 1. The Morgan fingerprint density at radius 3 is 2.59 bits per heavy atom. The van der Waals surface area contributed by atoms with E-state index in [0.717, 1.165) is 5.69 Å². The minimum absolute atomic E-state index is 0.165. The van der Waals surface area contributed by atoms with E-state index < -0.39 is 0 Å². The molecule has 0 aliphatic heterocycles. The topological polar surface area (TPSA) is 69.0 Å². The lowest BCUT2D eigenvalue weighted by molar-refractivity contribution is -0.118. The third kappa shape index (κ3) is 4.65. The molecule has 0 spiro atoms. The van der Waals surface area contributed by atoms with Gasteiger partial charge >= 0.3 is 0 Å². The maximum Gasteiger partial charge on any atom is 0.263 e. The molecule has 1 amide bonds. The number of ether oxygens (including phenoxy) is 1. The number of pyridine rings is 1. The summed E-state index contributed by atoms with van der Waals surface area (Å²) in [6, 6.07) is 14.4. The Morgan fingerprint density at radius 2 is 1.93 bits per heavy atom. The molecule has 0 unspecified atom stereocenters. The van der Waals surface area contributed by atoms with Crippen molar-refractivity contribution in [2.45, 2.75) is 26.2 Å². The Morgan fingerprint density at radius 1 is 1.19 bits per heavy atom. The number of nitrogens with one attached hydrogen (secondary N) is 1. The minimum atomic E-state index is -0.313. The van der Waals surface area contributed by atoms with Crippen molar-refractivity contribution >= 4 is 23.3 Å². The summed E-state index contributed by atoms with van der Waals surface area (Å²) in [5, 5.41) is 7.92. The smallest absolute Gasteiger partial charge is 0.263 e. The zero-order valence-corrected chi connectivity index (χ0v) is 16.2. The van der Waals surface area contributed by atoms with Gasteiger partial charge in [0.2, 0.25) is 0 Å². The molecule has 0 saturated heterocycles. The summed E-state index contributed by atoms with van der Waals surface area (Å²) in [6.45, 7) is 6.01. The molecule has 0 bridgehead atoms. The zero-order valence-electron chi connectivity index (χ0n) is 15.4. The van der Waals surface area contributed by atoms with E-state index in [-0.39, 0.29) is 17.9 Å². The molecule has 140 valence electrons. The van der Waals surface area contributed by atoms with Crippen LogP contribution < -0.4 is 10.1 Å². The number of rotatable bonds is 5. The zero-order chi connectivity index (χ0) is 19.4.